The number of likely N-dealkylation sites (tertiary alicyclic amines) is 1. The number of aryl methyl sites for hydroxylation is 1. The number of piperidine rings is 1. The standard InChI is InChI=1S/C14H23N3OS/c1-4-14(18)17-6-5-12(10(2)8-17)15-7-13-11(3)16-9-19-13/h9-10,12,15H,4-8H2,1-3H3/t10-,12-/m1/s1. The Morgan fingerprint density at radius 3 is 3.00 bits per heavy atom. The summed E-state index contributed by atoms with van der Waals surface area (Å²) in [6.07, 6.45) is 1.66. The Labute approximate surface area is 119 Å². The normalized spacial score (nSPS) is 23.6. The molecule has 1 saturated heterocycles. The van der Waals surface area contributed by atoms with Gasteiger partial charge in [-0.2, -0.15) is 0 Å². The summed E-state index contributed by atoms with van der Waals surface area (Å²) < 4.78 is 0. The van der Waals surface area contributed by atoms with Gasteiger partial charge in [0.15, 0.2) is 0 Å². The van der Waals surface area contributed by atoms with Crippen LogP contribution in [0.2, 0.25) is 0 Å². The molecule has 1 amide bonds. The van der Waals surface area contributed by atoms with Crippen molar-refractivity contribution in [3.8, 4) is 0 Å². The summed E-state index contributed by atoms with van der Waals surface area (Å²) in [6.45, 7) is 8.88. The van der Waals surface area contributed by atoms with Gasteiger partial charge in [-0.1, -0.05) is 13.8 Å². The molecule has 0 unspecified atom stereocenters. The Morgan fingerprint density at radius 2 is 2.42 bits per heavy atom. The van der Waals surface area contributed by atoms with Crippen LogP contribution in [0.15, 0.2) is 5.51 Å². The number of hydrogen-bond acceptors (Lipinski definition) is 4. The predicted molar refractivity (Wildman–Crippen MR) is 78.1 cm³/mol. The van der Waals surface area contributed by atoms with Gasteiger partial charge in [-0.25, -0.2) is 4.98 Å². The van der Waals surface area contributed by atoms with E-state index in [-0.39, 0.29) is 5.91 Å². The van der Waals surface area contributed by atoms with Crippen molar-refractivity contribution in [2.45, 2.75) is 46.2 Å². The molecule has 0 bridgehead atoms. The summed E-state index contributed by atoms with van der Waals surface area (Å²) in [6, 6.07) is 0.502. The number of nitrogens with one attached hydrogen (secondary N) is 1. The molecule has 2 rings (SSSR count). The molecule has 2 atom stereocenters. The fourth-order valence-electron chi connectivity index (χ4n) is 2.62. The molecule has 0 aromatic carbocycles. The molecular weight excluding hydrogens is 258 g/mol. The molecule has 1 fully saturated rings. The number of carbonyl (C=O) groups excluding carboxylic acids is 1. The monoisotopic (exact) mass is 281 g/mol. The summed E-state index contributed by atoms with van der Waals surface area (Å²) in [7, 11) is 0. The second kappa shape index (κ2) is 6.48. The van der Waals surface area contributed by atoms with Crippen molar-refractivity contribution >= 4 is 17.2 Å². The first-order chi connectivity index (χ1) is 9.11. The van der Waals surface area contributed by atoms with Crippen LogP contribution < -0.4 is 5.32 Å². The topological polar surface area (TPSA) is 45.2 Å². The fraction of sp³-hybridized carbons (Fsp3) is 0.714. The number of hydrogen-bond donors (Lipinski definition) is 1. The van der Waals surface area contributed by atoms with E-state index in [1.807, 2.05) is 17.3 Å². The lowest BCUT2D eigenvalue weighted by Gasteiger charge is -2.37. The van der Waals surface area contributed by atoms with E-state index in [1.54, 1.807) is 11.3 Å². The smallest absolute Gasteiger partial charge is 0.222 e. The third-order valence-electron chi connectivity index (χ3n) is 3.93. The molecule has 1 aromatic rings. The Kier molecular flexibility index (Phi) is 4.93. The van der Waals surface area contributed by atoms with Crippen LogP contribution in [0.3, 0.4) is 0 Å². The number of aromatic nitrogens is 1. The van der Waals surface area contributed by atoms with Crippen LogP contribution in [0.4, 0.5) is 0 Å². The molecule has 1 aliphatic rings. The van der Waals surface area contributed by atoms with Crippen molar-refractivity contribution < 1.29 is 4.79 Å². The van der Waals surface area contributed by atoms with Crippen molar-refractivity contribution in [3.63, 3.8) is 0 Å². The summed E-state index contributed by atoms with van der Waals surface area (Å²) in [5, 5.41) is 3.62. The molecule has 1 aliphatic heterocycles. The first kappa shape index (κ1) is 14.5. The van der Waals surface area contributed by atoms with Crippen LogP contribution in [-0.4, -0.2) is 34.9 Å². The molecule has 0 saturated carbocycles. The van der Waals surface area contributed by atoms with Gasteiger partial charge in [-0.3, -0.25) is 4.79 Å². The molecule has 19 heavy (non-hydrogen) atoms. The van der Waals surface area contributed by atoms with Gasteiger partial charge in [0.25, 0.3) is 0 Å². The quantitative estimate of drug-likeness (QED) is 0.920. The highest BCUT2D eigenvalue weighted by Crippen LogP contribution is 2.19. The van der Waals surface area contributed by atoms with E-state index in [0.29, 0.717) is 18.4 Å². The number of thiazole rings is 1. The first-order valence-corrected chi connectivity index (χ1v) is 7.90. The first-order valence-electron chi connectivity index (χ1n) is 7.02. The Bertz CT molecular complexity index is 432. The van der Waals surface area contributed by atoms with E-state index in [2.05, 4.69) is 24.1 Å². The van der Waals surface area contributed by atoms with Gasteiger partial charge in [-0.15, -0.1) is 11.3 Å². The van der Waals surface area contributed by atoms with Gasteiger partial charge in [0.2, 0.25) is 5.91 Å². The van der Waals surface area contributed by atoms with Crippen molar-refractivity contribution in [2.24, 2.45) is 5.92 Å². The van der Waals surface area contributed by atoms with Crippen molar-refractivity contribution in [1.29, 1.82) is 0 Å². The zero-order valence-corrected chi connectivity index (χ0v) is 12.8. The maximum atomic E-state index is 11.7. The van der Waals surface area contributed by atoms with Crippen LogP contribution in [0.5, 0.6) is 0 Å². The molecule has 0 aliphatic carbocycles. The van der Waals surface area contributed by atoms with Gasteiger partial charge < -0.3 is 10.2 Å². The van der Waals surface area contributed by atoms with Crippen LogP contribution >= 0.6 is 11.3 Å². The highest BCUT2D eigenvalue weighted by atomic mass is 32.1. The fourth-order valence-corrected chi connectivity index (χ4v) is 3.35. The van der Waals surface area contributed by atoms with E-state index in [4.69, 9.17) is 0 Å². The van der Waals surface area contributed by atoms with E-state index in [0.717, 1.165) is 31.7 Å². The Hall–Kier alpha value is -0.940. The van der Waals surface area contributed by atoms with E-state index >= 15 is 0 Å². The summed E-state index contributed by atoms with van der Waals surface area (Å²) >= 11 is 1.71. The second-order valence-electron chi connectivity index (χ2n) is 5.31. The van der Waals surface area contributed by atoms with Gasteiger partial charge in [0, 0.05) is 37.0 Å². The highest BCUT2D eigenvalue weighted by molar-refractivity contribution is 7.09. The minimum Gasteiger partial charge on any atom is -0.342 e. The molecule has 2 heterocycles. The van der Waals surface area contributed by atoms with Gasteiger partial charge in [0.1, 0.15) is 0 Å². The lowest BCUT2D eigenvalue weighted by molar-refractivity contribution is -0.132. The number of nitrogens with zero attached hydrogens (tertiary/aromatic N) is 2. The SMILES string of the molecule is CCC(=O)N1CC[C@@H](NCc2scnc2C)[C@H](C)C1. The van der Waals surface area contributed by atoms with Crippen LogP contribution in [-0.2, 0) is 11.3 Å². The zero-order chi connectivity index (χ0) is 13.8. The van der Waals surface area contributed by atoms with Crippen molar-refractivity contribution in [3.05, 3.63) is 16.1 Å². The number of carbonyl (C=O) groups is 1. The third kappa shape index (κ3) is 3.54. The third-order valence-corrected chi connectivity index (χ3v) is 4.87. The summed E-state index contributed by atoms with van der Waals surface area (Å²) in [5.74, 6) is 0.793. The number of rotatable bonds is 4. The van der Waals surface area contributed by atoms with E-state index < -0.39 is 0 Å². The predicted octanol–water partition coefficient (Wildman–Crippen LogP) is 2.19. The molecule has 106 valence electrons. The van der Waals surface area contributed by atoms with Crippen LogP contribution in [0, 0.1) is 12.8 Å². The van der Waals surface area contributed by atoms with E-state index in [9.17, 15) is 4.79 Å². The average molecular weight is 281 g/mol. The largest absolute Gasteiger partial charge is 0.342 e. The highest BCUT2D eigenvalue weighted by Gasteiger charge is 2.27. The zero-order valence-electron chi connectivity index (χ0n) is 12.0. The molecule has 4 nitrogen and oxygen atoms in total. The van der Waals surface area contributed by atoms with Crippen molar-refractivity contribution in [1.82, 2.24) is 15.2 Å². The lowest BCUT2D eigenvalue weighted by atomic mass is 9.93. The minimum absolute atomic E-state index is 0.281. The minimum atomic E-state index is 0.281. The summed E-state index contributed by atoms with van der Waals surface area (Å²) in [5.41, 5.74) is 3.03. The number of amides is 1. The molecule has 5 heteroatoms. The average Bonchev–Trinajstić information content (AvgIpc) is 2.82. The second-order valence-corrected chi connectivity index (χ2v) is 6.25. The molecule has 1 N–H and O–H groups in total. The van der Waals surface area contributed by atoms with Gasteiger partial charge >= 0.3 is 0 Å². The molecular formula is C14H23N3OS. The maximum Gasteiger partial charge on any atom is 0.222 e. The summed E-state index contributed by atoms with van der Waals surface area (Å²) in [4.78, 5) is 19.3. The molecule has 1 aromatic heterocycles. The van der Waals surface area contributed by atoms with Crippen LogP contribution in [0.25, 0.3) is 0 Å². The molecule has 0 spiro atoms. The maximum absolute atomic E-state index is 11.7. The van der Waals surface area contributed by atoms with Crippen LogP contribution in [0.1, 0.15) is 37.3 Å². The van der Waals surface area contributed by atoms with E-state index in [1.165, 1.54) is 4.88 Å². The Morgan fingerprint density at radius 1 is 1.63 bits per heavy atom. The lowest BCUT2D eigenvalue weighted by Crippen LogP contribution is -2.49. The molecule has 0 radical (unpaired) electrons. The van der Waals surface area contributed by atoms with Gasteiger partial charge in [0.05, 0.1) is 11.2 Å². The van der Waals surface area contributed by atoms with Crippen molar-refractivity contribution in [2.75, 3.05) is 13.1 Å². The Balaban J connectivity index is 1.83. The van der Waals surface area contributed by atoms with Gasteiger partial charge in [-0.05, 0) is 19.3 Å².